The fraction of sp³-hybridized carbons (Fsp3) is 0.818. The summed E-state index contributed by atoms with van der Waals surface area (Å²) < 4.78 is 162. The summed E-state index contributed by atoms with van der Waals surface area (Å²) in [5.74, 6) is -9.66. The van der Waals surface area contributed by atoms with Crippen molar-refractivity contribution in [3.05, 3.63) is 11.5 Å². The first-order chi connectivity index (χ1) is 11.4. The first kappa shape index (κ1) is 23.5. The molecule has 0 fully saturated rings. The van der Waals surface area contributed by atoms with E-state index < -0.39 is 53.2 Å². The molecule has 160 valence electrons. The summed E-state index contributed by atoms with van der Waals surface area (Å²) in [5, 5.41) is 18.2. The van der Waals surface area contributed by atoms with Crippen molar-refractivity contribution >= 4 is 0 Å². The molecule has 0 aromatic heterocycles. The van der Waals surface area contributed by atoms with Crippen LogP contribution in [0.3, 0.4) is 0 Å². The van der Waals surface area contributed by atoms with E-state index in [1.807, 2.05) is 0 Å². The number of ether oxygens (including phenoxy) is 2. The van der Waals surface area contributed by atoms with Gasteiger partial charge in [-0.1, -0.05) is 0 Å². The summed E-state index contributed by atoms with van der Waals surface area (Å²) in [5.41, 5.74) is -12.7. The van der Waals surface area contributed by atoms with Crippen LogP contribution in [0.4, 0.5) is 52.7 Å². The van der Waals surface area contributed by atoms with Gasteiger partial charge in [0, 0.05) is 13.8 Å². The van der Waals surface area contributed by atoms with Gasteiger partial charge in [0.2, 0.25) is 5.79 Å². The zero-order valence-corrected chi connectivity index (χ0v) is 12.7. The van der Waals surface area contributed by atoms with Gasteiger partial charge in [0.1, 0.15) is 0 Å². The Hall–Kier alpha value is -1.58. The first-order valence-electron chi connectivity index (χ1n) is 6.28. The summed E-state index contributed by atoms with van der Waals surface area (Å²) in [6, 6.07) is 0. The molecule has 2 N–H and O–H groups in total. The van der Waals surface area contributed by atoms with Crippen LogP contribution >= 0.6 is 0 Å². The molecular formula is C11H8F12O4. The van der Waals surface area contributed by atoms with Gasteiger partial charge in [0.15, 0.2) is 11.5 Å². The van der Waals surface area contributed by atoms with Crippen molar-refractivity contribution in [2.75, 3.05) is 0 Å². The van der Waals surface area contributed by atoms with E-state index in [0.29, 0.717) is 13.8 Å². The third-order valence-electron chi connectivity index (χ3n) is 3.20. The minimum absolute atomic E-state index is 0.348. The van der Waals surface area contributed by atoms with Crippen molar-refractivity contribution in [2.45, 2.75) is 55.5 Å². The summed E-state index contributed by atoms with van der Waals surface area (Å²) >= 11 is 0. The van der Waals surface area contributed by atoms with Gasteiger partial charge in [-0.15, -0.1) is 0 Å². The molecule has 1 rings (SSSR count). The molecular weight excluding hydrogens is 424 g/mol. The molecule has 0 bridgehead atoms. The van der Waals surface area contributed by atoms with E-state index in [1.54, 1.807) is 0 Å². The van der Waals surface area contributed by atoms with Crippen molar-refractivity contribution < 1.29 is 72.4 Å². The molecule has 0 unspecified atom stereocenters. The standard InChI is InChI=1S/C11H8F12O4/c1-5(2)26-3(6(24,8(12,13)14)9(15,16)17)4(27-5)7(25,10(18,19)20)11(21,22)23/h24-25H,1-2H3. The summed E-state index contributed by atoms with van der Waals surface area (Å²) in [6.07, 6.45) is -27.6. The number of halogens is 12. The Kier molecular flexibility index (Phi) is 4.96. The molecule has 0 atom stereocenters. The van der Waals surface area contributed by atoms with Crippen LogP contribution in [0.5, 0.6) is 0 Å². The highest BCUT2D eigenvalue weighted by molar-refractivity contribution is 5.32. The number of rotatable bonds is 2. The topological polar surface area (TPSA) is 58.9 Å². The lowest BCUT2D eigenvalue weighted by Gasteiger charge is -2.35. The summed E-state index contributed by atoms with van der Waals surface area (Å²) in [7, 11) is 0. The van der Waals surface area contributed by atoms with Crippen LogP contribution in [-0.2, 0) is 9.47 Å². The van der Waals surface area contributed by atoms with E-state index in [9.17, 15) is 52.7 Å². The number of hydrogen-bond acceptors (Lipinski definition) is 4. The minimum atomic E-state index is -6.91. The molecule has 0 amide bonds. The molecule has 1 aliphatic rings. The van der Waals surface area contributed by atoms with E-state index >= 15 is 0 Å². The molecule has 0 saturated carbocycles. The number of aliphatic hydroxyl groups is 2. The zero-order chi connectivity index (χ0) is 22.1. The SMILES string of the molecule is CC1(C)OC(C(O)(C(F)(F)F)C(F)(F)F)=C(C(O)(C(F)(F)F)C(F)(F)F)O1. The van der Waals surface area contributed by atoms with Crippen LogP contribution in [0.2, 0.25) is 0 Å². The average Bonchev–Trinajstić information content (AvgIpc) is 2.67. The van der Waals surface area contributed by atoms with Gasteiger partial charge in [-0.2, -0.15) is 52.7 Å². The second kappa shape index (κ2) is 5.71. The first-order valence-corrected chi connectivity index (χ1v) is 6.28. The van der Waals surface area contributed by atoms with Crippen LogP contribution in [0.1, 0.15) is 13.8 Å². The molecule has 0 radical (unpaired) electrons. The number of hydrogen-bond donors (Lipinski definition) is 2. The highest BCUT2D eigenvalue weighted by Gasteiger charge is 2.82. The van der Waals surface area contributed by atoms with Crippen molar-refractivity contribution in [3.63, 3.8) is 0 Å². The maximum absolute atomic E-state index is 12.9. The van der Waals surface area contributed by atoms with Crippen molar-refractivity contribution in [1.82, 2.24) is 0 Å². The quantitative estimate of drug-likeness (QED) is 0.654. The lowest BCUT2D eigenvalue weighted by atomic mass is 9.91. The van der Waals surface area contributed by atoms with E-state index in [4.69, 9.17) is 10.2 Å². The lowest BCUT2D eigenvalue weighted by Crippen LogP contribution is -2.62. The second-order valence-electron chi connectivity index (χ2n) is 5.67. The lowest BCUT2D eigenvalue weighted by molar-refractivity contribution is -0.370. The van der Waals surface area contributed by atoms with Gasteiger partial charge < -0.3 is 19.7 Å². The van der Waals surface area contributed by atoms with Gasteiger partial charge in [-0.05, 0) is 0 Å². The molecule has 1 aliphatic heterocycles. The van der Waals surface area contributed by atoms with E-state index in [1.165, 1.54) is 0 Å². The van der Waals surface area contributed by atoms with E-state index in [0.717, 1.165) is 0 Å². The van der Waals surface area contributed by atoms with Gasteiger partial charge in [0.05, 0.1) is 0 Å². The van der Waals surface area contributed by atoms with E-state index in [-0.39, 0.29) is 0 Å². The van der Waals surface area contributed by atoms with Crippen LogP contribution in [-0.4, -0.2) is 51.9 Å². The third-order valence-corrected chi connectivity index (χ3v) is 3.20. The monoisotopic (exact) mass is 432 g/mol. The molecule has 27 heavy (non-hydrogen) atoms. The Bertz CT molecular complexity index is 541. The van der Waals surface area contributed by atoms with Gasteiger partial charge >= 0.3 is 35.9 Å². The molecule has 0 aliphatic carbocycles. The van der Waals surface area contributed by atoms with Crippen LogP contribution in [0.25, 0.3) is 0 Å². The Labute approximate surface area is 140 Å². The largest absolute Gasteiger partial charge is 0.450 e. The summed E-state index contributed by atoms with van der Waals surface area (Å²) in [6.45, 7) is 0.695. The number of alkyl halides is 12. The maximum atomic E-state index is 12.9. The minimum Gasteiger partial charge on any atom is -0.450 e. The molecule has 0 saturated heterocycles. The summed E-state index contributed by atoms with van der Waals surface area (Å²) in [4.78, 5) is 0. The molecule has 1 heterocycles. The van der Waals surface area contributed by atoms with Gasteiger partial charge in [0.25, 0.3) is 0 Å². The Balaban J connectivity index is 4.04. The Morgan fingerprint density at radius 1 is 0.556 bits per heavy atom. The van der Waals surface area contributed by atoms with Crippen LogP contribution in [0, 0.1) is 0 Å². The predicted octanol–water partition coefficient (Wildman–Crippen LogP) is 3.69. The Morgan fingerprint density at radius 2 is 0.741 bits per heavy atom. The van der Waals surface area contributed by atoms with Gasteiger partial charge in [-0.3, -0.25) is 0 Å². The zero-order valence-electron chi connectivity index (χ0n) is 12.7. The molecule has 4 nitrogen and oxygen atoms in total. The smallest absolute Gasteiger partial charge is 0.433 e. The third kappa shape index (κ3) is 3.36. The van der Waals surface area contributed by atoms with Gasteiger partial charge in [-0.25, -0.2) is 0 Å². The van der Waals surface area contributed by atoms with Crippen molar-refractivity contribution in [1.29, 1.82) is 0 Å². The maximum Gasteiger partial charge on any atom is 0.433 e. The second-order valence-corrected chi connectivity index (χ2v) is 5.67. The Morgan fingerprint density at radius 3 is 0.889 bits per heavy atom. The molecule has 0 spiro atoms. The van der Waals surface area contributed by atoms with Crippen molar-refractivity contribution in [2.24, 2.45) is 0 Å². The highest BCUT2D eigenvalue weighted by Crippen LogP contribution is 2.58. The average molecular weight is 432 g/mol. The molecule has 16 heteroatoms. The fourth-order valence-corrected chi connectivity index (χ4v) is 1.92. The van der Waals surface area contributed by atoms with Crippen molar-refractivity contribution in [3.8, 4) is 0 Å². The van der Waals surface area contributed by atoms with Crippen LogP contribution < -0.4 is 0 Å². The molecule has 0 aromatic carbocycles. The van der Waals surface area contributed by atoms with E-state index in [2.05, 4.69) is 9.47 Å². The predicted molar refractivity (Wildman–Crippen MR) is 57.4 cm³/mol. The normalized spacial score (nSPS) is 19.9. The van der Waals surface area contributed by atoms with Crippen LogP contribution in [0.15, 0.2) is 11.5 Å². The highest BCUT2D eigenvalue weighted by atomic mass is 19.4. The fourth-order valence-electron chi connectivity index (χ4n) is 1.92. The molecule has 0 aromatic rings.